The summed E-state index contributed by atoms with van der Waals surface area (Å²) < 4.78 is 5.48. The predicted molar refractivity (Wildman–Crippen MR) is 296 cm³/mol. The Hall–Kier alpha value is -1.92. The van der Waals surface area contributed by atoms with Crippen LogP contribution in [0.1, 0.15) is 322 Å². The third kappa shape index (κ3) is 53.4. The van der Waals surface area contributed by atoms with E-state index in [2.05, 4.69) is 43.5 Å². The minimum Gasteiger partial charge on any atom is -0.466 e. The molecule has 1 amide bonds. The van der Waals surface area contributed by atoms with Gasteiger partial charge >= 0.3 is 5.97 Å². The fourth-order valence-corrected chi connectivity index (χ4v) is 9.25. The molecule has 0 aromatic rings. The molecular weight excluding hydrogens is 839 g/mol. The van der Waals surface area contributed by atoms with Gasteiger partial charge in [0.15, 0.2) is 0 Å². The molecule has 68 heavy (non-hydrogen) atoms. The van der Waals surface area contributed by atoms with Crippen molar-refractivity contribution in [1.29, 1.82) is 0 Å². The average Bonchev–Trinajstić information content (AvgIpc) is 3.34. The van der Waals surface area contributed by atoms with Gasteiger partial charge in [0, 0.05) is 12.8 Å². The molecule has 0 aromatic heterocycles. The molecule has 6 heteroatoms. The van der Waals surface area contributed by atoms with E-state index in [1.807, 2.05) is 6.08 Å². The van der Waals surface area contributed by atoms with Crippen LogP contribution in [0.5, 0.6) is 0 Å². The highest BCUT2D eigenvalue weighted by molar-refractivity contribution is 5.76. The van der Waals surface area contributed by atoms with Gasteiger partial charge in [-0.3, -0.25) is 9.59 Å². The van der Waals surface area contributed by atoms with E-state index in [0.29, 0.717) is 19.4 Å². The maximum absolute atomic E-state index is 12.4. The van der Waals surface area contributed by atoms with Crippen molar-refractivity contribution in [2.45, 2.75) is 334 Å². The number of rotatable bonds is 56. The van der Waals surface area contributed by atoms with Gasteiger partial charge in [-0.25, -0.2) is 0 Å². The van der Waals surface area contributed by atoms with Crippen LogP contribution in [0.3, 0.4) is 0 Å². The summed E-state index contributed by atoms with van der Waals surface area (Å²) >= 11 is 0. The van der Waals surface area contributed by atoms with Crippen molar-refractivity contribution in [3.05, 3.63) is 36.5 Å². The Bertz CT molecular complexity index is 1100. The van der Waals surface area contributed by atoms with Gasteiger partial charge in [-0.15, -0.1) is 0 Å². The third-order valence-corrected chi connectivity index (χ3v) is 13.9. The number of carbonyl (C=O) groups is 2. The highest BCUT2D eigenvalue weighted by Gasteiger charge is 2.18. The Morgan fingerprint density at radius 1 is 0.412 bits per heavy atom. The molecule has 3 N–H and O–H groups in total. The zero-order valence-electron chi connectivity index (χ0n) is 45.6. The quantitative estimate of drug-likeness (QED) is 0.0321. The van der Waals surface area contributed by atoms with Crippen LogP contribution in [0.2, 0.25) is 0 Å². The van der Waals surface area contributed by atoms with Gasteiger partial charge in [0.2, 0.25) is 5.91 Å². The number of unbranched alkanes of at least 4 members (excludes halogenated alkanes) is 41. The molecule has 400 valence electrons. The second kappa shape index (κ2) is 57.7. The monoisotopic (exact) mass is 956 g/mol. The van der Waals surface area contributed by atoms with Crippen LogP contribution in [0.25, 0.3) is 0 Å². The molecule has 0 bridgehead atoms. The fraction of sp³-hybridized carbons (Fsp3) is 0.871. The number of hydrogen-bond acceptors (Lipinski definition) is 5. The Morgan fingerprint density at radius 3 is 1.12 bits per heavy atom. The van der Waals surface area contributed by atoms with Crippen molar-refractivity contribution in [2.75, 3.05) is 13.2 Å². The van der Waals surface area contributed by atoms with Crippen molar-refractivity contribution < 1.29 is 24.5 Å². The highest BCUT2D eigenvalue weighted by Crippen LogP contribution is 2.17. The predicted octanol–water partition coefficient (Wildman–Crippen LogP) is 18.8. The van der Waals surface area contributed by atoms with Crippen molar-refractivity contribution in [1.82, 2.24) is 5.32 Å². The normalized spacial score (nSPS) is 12.8. The molecule has 0 heterocycles. The maximum atomic E-state index is 12.4. The number of allylic oxidation sites excluding steroid dienone is 5. The lowest BCUT2D eigenvalue weighted by Crippen LogP contribution is -2.45. The van der Waals surface area contributed by atoms with E-state index in [-0.39, 0.29) is 18.5 Å². The minimum absolute atomic E-state index is 0.0129. The first-order valence-corrected chi connectivity index (χ1v) is 30.3. The summed E-state index contributed by atoms with van der Waals surface area (Å²) in [7, 11) is 0. The van der Waals surface area contributed by atoms with Gasteiger partial charge < -0.3 is 20.3 Å². The average molecular weight is 957 g/mol. The SMILES string of the molecule is CCCCCCCCC/C=C/C(O)C(CO)NC(=O)CCCCCCCCCCCCC/C=C\C/C=C\CCCCCCCCCCCOC(=O)CCCCCCCCCCCCCCCCC. The molecule has 0 aliphatic rings. The van der Waals surface area contributed by atoms with Crippen LogP contribution in [0.15, 0.2) is 36.5 Å². The van der Waals surface area contributed by atoms with Crippen LogP contribution in [-0.2, 0) is 14.3 Å². The largest absolute Gasteiger partial charge is 0.466 e. The highest BCUT2D eigenvalue weighted by atomic mass is 16.5. The second-order valence-electron chi connectivity index (χ2n) is 20.7. The first kappa shape index (κ1) is 66.1. The van der Waals surface area contributed by atoms with E-state index < -0.39 is 12.1 Å². The molecule has 0 saturated carbocycles. The van der Waals surface area contributed by atoms with Crippen LogP contribution in [0.4, 0.5) is 0 Å². The molecular formula is C62H117NO5. The van der Waals surface area contributed by atoms with E-state index in [4.69, 9.17) is 4.74 Å². The molecule has 0 spiro atoms. The first-order valence-electron chi connectivity index (χ1n) is 30.3. The molecule has 0 radical (unpaired) electrons. The van der Waals surface area contributed by atoms with Crippen LogP contribution >= 0.6 is 0 Å². The summed E-state index contributed by atoms with van der Waals surface area (Å²) in [6.45, 7) is 4.88. The minimum atomic E-state index is -0.844. The number of nitrogens with one attached hydrogen (secondary N) is 1. The molecule has 2 atom stereocenters. The number of esters is 1. The fourth-order valence-electron chi connectivity index (χ4n) is 9.25. The van der Waals surface area contributed by atoms with E-state index in [1.54, 1.807) is 6.08 Å². The zero-order chi connectivity index (χ0) is 49.3. The summed E-state index contributed by atoms with van der Waals surface area (Å²) in [4.78, 5) is 24.4. The van der Waals surface area contributed by atoms with Gasteiger partial charge in [0.25, 0.3) is 0 Å². The third-order valence-electron chi connectivity index (χ3n) is 13.9. The number of carbonyl (C=O) groups excluding carboxylic acids is 2. The maximum Gasteiger partial charge on any atom is 0.305 e. The number of amides is 1. The molecule has 0 saturated heterocycles. The van der Waals surface area contributed by atoms with Crippen LogP contribution in [0, 0.1) is 0 Å². The summed E-state index contributed by atoms with van der Waals surface area (Å²) in [6, 6.07) is -0.628. The summed E-state index contributed by atoms with van der Waals surface area (Å²) in [5, 5.41) is 22.9. The Balaban J connectivity index is 3.40. The lowest BCUT2D eigenvalue weighted by molar-refractivity contribution is -0.143. The summed E-state index contributed by atoms with van der Waals surface area (Å²) in [6.07, 6.45) is 72.0. The van der Waals surface area contributed by atoms with Crippen molar-refractivity contribution in [3.63, 3.8) is 0 Å². The Morgan fingerprint density at radius 2 is 0.735 bits per heavy atom. The van der Waals surface area contributed by atoms with Gasteiger partial charge in [-0.05, 0) is 64.2 Å². The molecule has 2 unspecified atom stereocenters. The Kier molecular flexibility index (Phi) is 56.0. The van der Waals surface area contributed by atoms with Crippen molar-refractivity contribution in [3.8, 4) is 0 Å². The molecule has 0 aliphatic heterocycles. The van der Waals surface area contributed by atoms with E-state index in [9.17, 15) is 19.8 Å². The molecule has 0 aliphatic carbocycles. The summed E-state index contributed by atoms with van der Waals surface area (Å²) in [5.74, 6) is -0.0608. The second-order valence-corrected chi connectivity index (χ2v) is 20.7. The molecule has 0 rings (SSSR count). The van der Waals surface area contributed by atoms with E-state index >= 15 is 0 Å². The number of ether oxygens (including phenoxy) is 1. The van der Waals surface area contributed by atoms with Gasteiger partial charge in [-0.2, -0.15) is 0 Å². The smallest absolute Gasteiger partial charge is 0.305 e. The summed E-state index contributed by atoms with van der Waals surface area (Å²) in [5.41, 5.74) is 0. The van der Waals surface area contributed by atoms with Gasteiger partial charge in [-0.1, -0.05) is 281 Å². The van der Waals surface area contributed by atoms with Crippen molar-refractivity contribution >= 4 is 11.9 Å². The number of aliphatic hydroxyl groups is 2. The zero-order valence-corrected chi connectivity index (χ0v) is 45.6. The molecule has 0 aromatic carbocycles. The van der Waals surface area contributed by atoms with Crippen LogP contribution in [-0.4, -0.2) is 47.4 Å². The van der Waals surface area contributed by atoms with Gasteiger partial charge in [0.1, 0.15) is 0 Å². The lowest BCUT2D eigenvalue weighted by Gasteiger charge is -2.20. The molecule has 6 nitrogen and oxygen atoms in total. The Labute approximate surface area is 424 Å². The number of aliphatic hydroxyl groups excluding tert-OH is 2. The lowest BCUT2D eigenvalue weighted by atomic mass is 10.0. The standard InChI is InChI=1S/C62H117NO5/c1-3-5-7-9-11-13-14-15-29-33-36-40-44-48-52-56-62(67)68-57-53-49-45-41-37-34-31-28-26-24-22-20-18-16-17-19-21-23-25-27-30-32-35-39-43-47-51-55-61(66)63-59(58-64)60(65)54-50-46-42-38-12-10-8-6-4-2/h16-17,20,22,50,54,59-60,64-65H,3-15,18-19,21,23-49,51-53,55-58H2,1-2H3,(H,63,66)/b17-16-,22-20-,54-50+. The van der Waals surface area contributed by atoms with E-state index in [1.165, 1.54) is 250 Å². The topological polar surface area (TPSA) is 95.9 Å². The first-order chi connectivity index (χ1) is 33.5. The van der Waals surface area contributed by atoms with Crippen molar-refractivity contribution in [2.24, 2.45) is 0 Å². The van der Waals surface area contributed by atoms with Crippen LogP contribution < -0.4 is 5.32 Å². The molecule has 0 fully saturated rings. The van der Waals surface area contributed by atoms with E-state index in [0.717, 1.165) is 44.9 Å². The number of hydrogen-bond donors (Lipinski definition) is 3. The van der Waals surface area contributed by atoms with Gasteiger partial charge in [0.05, 0.1) is 25.4 Å².